The second-order valence-corrected chi connectivity index (χ2v) is 10.2. The molecule has 1 aromatic heterocycles. The molecule has 2 aromatic carbocycles. The molecule has 3 aromatic rings. The second kappa shape index (κ2) is 9.51. The number of ether oxygens (including phenoxy) is 1. The topological polar surface area (TPSA) is 92.7 Å². The number of para-hydroxylation sites is 1. The van der Waals surface area contributed by atoms with Gasteiger partial charge in [-0.1, -0.05) is 38.1 Å². The van der Waals surface area contributed by atoms with Crippen molar-refractivity contribution in [2.45, 2.75) is 31.1 Å². The molecule has 0 N–H and O–H groups in total. The van der Waals surface area contributed by atoms with Crippen LogP contribution in [0.4, 0.5) is 0 Å². The average molecular weight is 475 g/mol. The van der Waals surface area contributed by atoms with Gasteiger partial charge in [-0.25, -0.2) is 8.42 Å². The zero-order chi connectivity index (χ0) is 22.7. The van der Waals surface area contributed by atoms with Gasteiger partial charge in [0.15, 0.2) is 6.61 Å². The van der Waals surface area contributed by atoms with Crippen molar-refractivity contribution in [3.63, 3.8) is 0 Å². The van der Waals surface area contributed by atoms with E-state index in [2.05, 4.69) is 22.6 Å². The fourth-order valence-corrected chi connectivity index (χ4v) is 5.95. The zero-order valence-corrected chi connectivity index (χ0v) is 19.7. The van der Waals surface area contributed by atoms with E-state index in [0.29, 0.717) is 30.0 Å². The summed E-state index contributed by atoms with van der Waals surface area (Å²) in [4.78, 5) is 14.5. The maximum atomic E-state index is 13.2. The summed E-state index contributed by atoms with van der Waals surface area (Å²) in [5, 5.41) is 0. The SMILES string of the molecule is CCC(C)c1ccccc1OCC(=O)N1CCN(S(=O)(=O)c2cccc3nsnc23)CC1. The van der Waals surface area contributed by atoms with E-state index in [1.807, 2.05) is 24.3 Å². The molecule has 1 aliphatic heterocycles. The third kappa shape index (κ3) is 4.48. The molecule has 10 heteroatoms. The Kier molecular flexibility index (Phi) is 6.73. The van der Waals surface area contributed by atoms with E-state index in [1.165, 1.54) is 4.31 Å². The summed E-state index contributed by atoms with van der Waals surface area (Å²) in [7, 11) is -3.71. The van der Waals surface area contributed by atoms with Crippen LogP contribution in [0, 0.1) is 0 Å². The van der Waals surface area contributed by atoms with Gasteiger partial charge in [0.1, 0.15) is 21.7 Å². The van der Waals surface area contributed by atoms with Gasteiger partial charge in [0.05, 0.1) is 11.7 Å². The molecule has 0 spiro atoms. The number of benzene rings is 2. The number of nitrogens with zero attached hydrogens (tertiary/aromatic N) is 4. The van der Waals surface area contributed by atoms with Gasteiger partial charge in [-0.05, 0) is 36.1 Å². The van der Waals surface area contributed by atoms with Crippen LogP contribution in [-0.4, -0.2) is 65.1 Å². The van der Waals surface area contributed by atoms with E-state index in [1.54, 1.807) is 23.1 Å². The monoisotopic (exact) mass is 474 g/mol. The van der Waals surface area contributed by atoms with Crippen molar-refractivity contribution in [2.24, 2.45) is 0 Å². The molecular formula is C22H26N4O4S2. The molecule has 4 rings (SSSR count). The number of amides is 1. The molecule has 8 nitrogen and oxygen atoms in total. The lowest BCUT2D eigenvalue weighted by atomic mass is 9.98. The summed E-state index contributed by atoms with van der Waals surface area (Å²) < 4.78 is 41.8. The summed E-state index contributed by atoms with van der Waals surface area (Å²) in [6.45, 7) is 5.28. The Morgan fingerprint density at radius 3 is 2.59 bits per heavy atom. The van der Waals surface area contributed by atoms with E-state index in [0.717, 1.165) is 29.5 Å². The minimum atomic E-state index is -3.71. The molecule has 1 fully saturated rings. The standard InChI is InChI=1S/C22H26N4O4S2/c1-3-16(2)17-7-4-5-9-19(17)30-15-21(27)25-11-13-26(14-12-25)32(28,29)20-10-6-8-18-22(20)24-31-23-18/h4-10,16H,3,11-15H2,1-2H3. The number of piperazine rings is 1. The van der Waals surface area contributed by atoms with Crippen molar-refractivity contribution in [3.8, 4) is 5.75 Å². The Balaban J connectivity index is 1.38. The lowest BCUT2D eigenvalue weighted by Crippen LogP contribution is -2.51. The minimum Gasteiger partial charge on any atom is -0.483 e. The maximum Gasteiger partial charge on any atom is 0.260 e. The van der Waals surface area contributed by atoms with Crippen LogP contribution in [0.2, 0.25) is 0 Å². The third-order valence-corrected chi connectivity index (χ3v) is 8.34. The molecule has 0 bridgehead atoms. The summed E-state index contributed by atoms with van der Waals surface area (Å²) in [6, 6.07) is 12.7. The van der Waals surface area contributed by atoms with Gasteiger partial charge in [0.2, 0.25) is 10.0 Å². The van der Waals surface area contributed by atoms with E-state index in [-0.39, 0.29) is 30.5 Å². The van der Waals surface area contributed by atoms with Crippen molar-refractivity contribution < 1.29 is 17.9 Å². The second-order valence-electron chi connectivity index (χ2n) is 7.81. The maximum absolute atomic E-state index is 13.2. The third-order valence-electron chi connectivity index (χ3n) is 5.87. The molecule has 1 amide bonds. The first-order valence-corrected chi connectivity index (χ1v) is 12.8. The summed E-state index contributed by atoms with van der Waals surface area (Å²) in [6.07, 6.45) is 0.982. The van der Waals surface area contributed by atoms with E-state index >= 15 is 0 Å². The van der Waals surface area contributed by atoms with Crippen LogP contribution >= 0.6 is 11.7 Å². The summed E-state index contributed by atoms with van der Waals surface area (Å²) >= 11 is 0.992. The number of hydrogen-bond acceptors (Lipinski definition) is 7. The fourth-order valence-electron chi connectivity index (χ4n) is 3.78. The summed E-state index contributed by atoms with van der Waals surface area (Å²) in [5.74, 6) is 0.917. The van der Waals surface area contributed by atoms with E-state index in [9.17, 15) is 13.2 Å². The van der Waals surface area contributed by atoms with Gasteiger partial charge in [0.25, 0.3) is 5.91 Å². The quantitative estimate of drug-likeness (QED) is 0.522. The molecule has 32 heavy (non-hydrogen) atoms. The van der Waals surface area contributed by atoms with E-state index in [4.69, 9.17) is 4.74 Å². The van der Waals surface area contributed by atoms with Gasteiger partial charge in [-0.2, -0.15) is 13.1 Å². The molecule has 1 atom stereocenters. The zero-order valence-electron chi connectivity index (χ0n) is 18.1. The lowest BCUT2D eigenvalue weighted by molar-refractivity contribution is -0.134. The number of carbonyl (C=O) groups excluding carboxylic acids is 1. The van der Waals surface area contributed by atoms with Gasteiger partial charge >= 0.3 is 0 Å². The number of carbonyl (C=O) groups is 1. The van der Waals surface area contributed by atoms with Crippen molar-refractivity contribution in [3.05, 3.63) is 48.0 Å². The normalized spacial score (nSPS) is 16.2. The van der Waals surface area contributed by atoms with Gasteiger partial charge < -0.3 is 9.64 Å². The number of sulfonamides is 1. The van der Waals surface area contributed by atoms with Crippen LogP contribution < -0.4 is 4.74 Å². The molecule has 1 aliphatic rings. The van der Waals surface area contributed by atoms with E-state index < -0.39 is 10.0 Å². The number of hydrogen-bond donors (Lipinski definition) is 0. The Morgan fingerprint density at radius 1 is 1.09 bits per heavy atom. The molecule has 1 unspecified atom stereocenters. The van der Waals surface area contributed by atoms with Crippen molar-refractivity contribution in [2.75, 3.05) is 32.8 Å². The largest absolute Gasteiger partial charge is 0.483 e. The molecule has 1 saturated heterocycles. The number of aromatic nitrogens is 2. The molecule has 0 saturated carbocycles. The molecule has 0 aliphatic carbocycles. The molecule has 2 heterocycles. The Bertz CT molecular complexity index is 1200. The minimum absolute atomic E-state index is 0.0655. The smallest absolute Gasteiger partial charge is 0.260 e. The Morgan fingerprint density at radius 2 is 1.84 bits per heavy atom. The van der Waals surface area contributed by atoms with Crippen molar-refractivity contribution in [1.29, 1.82) is 0 Å². The predicted octanol–water partition coefficient (Wildman–Crippen LogP) is 3.12. The van der Waals surface area contributed by atoms with Crippen LogP contribution in [0.3, 0.4) is 0 Å². The first-order chi connectivity index (χ1) is 15.4. The van der Waals surface area contributed by atoms with Crippen molar-refractivity contribution >= 4 is 38.7 Å². The number of fused-ring (bicyclic) bond motifs is 1. The highest BCUT2D eigenvalue weighted by Gasteiger charge is 2.32. The van der Waals surface area contributed by atoms with Gasteiger partial charge in [-0.15, -0.1) is 0 Å². The predicted molar refractivity (Wildman–Crippen MR) is 123 cm³/mol. The Hall–Kier alpha value is -2.56. The van der Waals surface area contributed by atoms with Crippen LogP contribution in [0.15, 0.2) is 47.4 Å². The van der Waals surface area contributed by atoms with Crippen LogP contribution in [-0.2, 0) is 14.8 Å². The highest BCUT2D eigenvalue weighted by molar-refractivity contribution is 7.89. The molecule has 0 radical (unpaired) electrons. The fraction of sp³-hybridized carbons (Fsp3) is 0.409. The van der Waals surface area contributed by atoms with Gasteiger partial charge in [-0.3, -0.25) is 4.79 Å². The number of rotatable bonds is 7. The first kappa shape index (κ1) is 22.6. The lowest BCUT2D eigenvalue weighted by Gasteiger charge is -2.34. The average Bonchev–Trinajstić information content (AvgIpc) is 3.31. The summed E-state index contributed by atoms with van der Waals surface area (Å²) in [5.41, 5.74) is 2.05. The molecular weight excluding hydrogens is 448 g/mol. The Labute approximate surface area is 192 Å². The van der Waals surface area contributed by atoms with Crippen LogP contribution in [0.25, 0.3) is 11.0 Å². The highest BCUT2D eigenvalue weighted by Crippen LogP contribution is 2.29. The highest BCUT2D eigenvalue weighted by atomic mass is 32.2. The van der Waals surface area contributed by atoms with Crippen LogP contribution in [0.5, 0.6) is 5.75 Å². The van der Waals surface area contributed by atoms with Crippen LogP contribution in [0.1, 0.15) is 31.7 Å². The first-order valence-electron chi connectivity index (χ1n) is 10.6. The molecule has 170 valence electrons. The van der Waals surface area contributed by atoms with Gasteiger partial charge in [0, 0.05) is 26.2 Å². The van der Waals surface area contributed by atoms with Crippen molar-refractivity contribution in [1.82, 2.24) is 18.0 Å².